The molecule has 0 aromatic rings. The summed E-state index contributed by atoms with van der Waals surface area (Å²) in [6, 6.07) is 1.21. The van der Waals surface area contributed by atoms with E-state index in [0.717, 1.165) is 0 Å². The minimum absolute atomic E-state index is 0.126. The Bertz CT molecular complexity index is 251. The molecule has 0 aromatic carbocycles. The summed E-state index contributed by atoms with van der Waals surface area (Å²) in [4.78, 5) is 2.58. The summed E-state index contributed by atoms with van der Waals surface area (Å²) in [6.45, 7) is 8.57. The van der Waals surface area contributed by atoms with Crippen LogP contribution in [0, 0.1) is 5.41 Å². The summed E-state index contributed by atoms with van der Waals surface area (Å²) < 4.78 is 0. The molecule has 3 heteroatoms. The first-order valence-electron chi connectivity index (χ1n) is 7.77. The Hall–Kier alpha value is -0.120. The molecule has 2 aliphatic rings. The highest BCUT2D eigenvalue weighted by atomic mass is 16.3. The lowest BCUT2D eigenvalue weighted by atomic mass is 9.85. The lowest BCUT2D eigenvalue weighted by molar-refractivity contribution is 0.103. The normalized spacial score (nSPS) is 35.2. The van der Waals surface area contributed by atoms with Crippen LogP contribution in [0.5, 0.6) is 0 Å². The Morgan fingerprint density at radius 3 is 2.61 bits per heavy atom. The lowest BCUT2D eigenvalue weighted by Crippen LogP contribution is -2.50. The Balaban J connectivity index is 1.77. The summed E-state index contributed by atoms with van der Waals surface area (Å²) in [5.41, 5.74) is 0.126. The van der Waals surface area contributed by atoms with Crippen LogP contribution in [0.4, 0.5) is 0 Å². The summed E-state index contributed by atoms with van der Waals surface area (Å²) in [5, 5.41) is 13.4. The first-order valence-corrected chi connectivity index (χ1v) is 7.77. The van der Waals surface area contributed by atoms with Gasteiger partial charge in [0, 0.05) is 24.1 Å². The molecule has 1 aliphatic carbocycles. The largest absolute Gasteiger partial charge is 0.396 e. The molecular formula is C15H30N2O. The Morgan fingerprint density at radius 2 is 2.00 bits per heavy atom. The van der Waals surface area contributed by atoms with Crippen LogP contribution in [-0.4, -0.2) is 48.3 Å². The van der Waals surface area contributed by atoms with E-state index in [1.807, 2.05) is 0 Å². The van der Waals surface area contributed by atoms with Crippen molar-refractivity contribution in [2.45, 2.75) is 64.5 Å². The number of piperidine rings is 1. The number of nitrogens with one attached hydrogen (secondary N) is 1. The van der Waals surface area contributed by atoms with Crippen molar-refractivity contribution in [3.8, 4) is 0 Å². The summed E-state index contributed by atoms with van der Waals surface area (Å²) in [5.74, 6) is 0. The van der Waals surface area contributed by atoms with E-state index in [1.54, 1.807) is 0 Å². The first-order chi connectivity index (χ1) is 8.68. The fourth-order valence-corrected chi connectivity index (χ4v) is 3.63. The van der Waals surface area contributed by atoms with E-state index < -0.39 is 0 Å². The summed E-state index contributed by atoms with van der Waals surface area (Å²) in [7, 11) is 0. The van der Waals surface area contributed by atoms with Crippen molar-refractivity contribution in [3.63, 3.8) is 0 Å². The maximum atomic E-state index is 9.59. The van der Waals surface area contributed by atoms with Gasteiger partial charge >= 0.3 is 0 Å². The van der Waals surface area contributed by atoms with Crippen LogP contribution in [0.25, 0.3) is 0 Å². The van der Waals surface area contributed by atoms with E-state index in [9.17, 15) is 5.11 Å². The molecular weight excluding hydrogens is 224 g/mol. The molecule has 0 aromatic heterocycles. The highest BCUT2D eigenvalue weighted by molar-refractivity contribution is 4.95. The molecule has 0 spiro atoms. The average Bonchev–Trinajstić information content (AvgIpc) is 2.75. The van der Waals surface area contributed by atoms with Crippen LogP contribution in [0.2, 0.25) is 0 Å². The molecule has 0 amide bonds. The van der Waals surface area contributed by atoms with Gasteiger partial charge in [-0.15, -0.1) is 0 Å². The molecule has 1 heterocycles. The van der Waals surface area contributed by atoms with Crippen LogP contribution < -0.4 is 5.32 Å². The first kappa shape index (κ1) is 14.3. The van der Waals surface area contributed by atoms with E-state index in [1.165, 1.54) is 58.2 Å². The highest BCUT2D eigenvalue weighted by Gasteiger charge is 2.39. The van der Waals surface area contributed by atoms with Gasteiger partial charge < -0.3 is 15.3 Å². The third-order valence-electron chi connectivity index (χ3n) is 5.01. The number of nitrogens with zero attached hydrogens (tertiary/aromatic N) is 1. The van der Waals surface area contributed by atoms with Crippen molar-refractivity contribution in [1.29, 1.82) is 0 Å². The second-order valence-electron chi connectivity index (χ2n) is 6.54. The highest BCUT2D eigenvalue weighted by Crippen LogP contribution is 2.38. The minimum atomic E-state index is 0.126. The smallest absolute Gasteiger partial charge is 0.0499 e. The molecule has 1 saturated heterocycles. The Labute approximate surface area is 112 Å². The number of aliphatic hydroxyl groups excluding tert-OH is 1. The van der Waals surface area contributed by atoms with Gasteiger partial charge in [-0.3, -0.25) is 0 Å². The quantitative estimate of drug-likeness (QED) is 0.788. The Morgan fingerprint density at radius 1 is 1.28 bits per heavy atom. The third kappa shape index (κ3) is 3.25. The van der Waals surface area contributed by atoms with Gasteiger partial charge in [0.1, 0.15) is 0 Å². The molecule has 1 aliphatic heterocycles. The minimum Gasteiger partial charge on any atom is -0.396 e. The third-order valence-corrected chi connectivity index (χ3v) is 5.01. The standard InChI is InChI=1S/C15H30N2O/c1-3-9-17-10-6-13(7-11-17)16-14-5-4-8-15(14,2)12-18/h13-14,16,18H,3-12H2,1-2H3. The topological polar surface area (TPSA) is 35.5 Å². The molecule has 2 rings (SSSR count). The molecule has 106 valence electrons. The number of aliphatic hydroxyl groups is 1. The van der Waals surface area contributed by atoms with Crippen molar-refractivity contribution in [1.82, 2.24) is 10.2 Å². The molecule has 18 heavy (non-hydrogen) atoms. The number of rotatable bonds is 5. The van der Waals surface area contributed by atoms with Gasteiger partial charge in [0.15, 0.2) is 0 Å². The summed E-state index contributed by atoms with van der Waals surface area (Å²) in [6.07, 6.45) is 7.50. The van der Waals surface area contributed by atoms with E-state index in [0.29, 0.717) is 18.7 Å². The van der Waals surface area contributed by atoms with Gasteiger partial charge in [-0.2, -0.15) is 0 Å². The van der Waals surface area contributed by atoms with Gasteiger partial charge in [0.05, 0.1) is 0 Å². The van der Waals surface area contributed by atoms with E-state index in [4.69, 9.17) is 0 Å². The fourth-order valence-electron chi connectivity index (χ4n) is 3.63. The molecule has 0 radical (unpaired) electrons. The summed E-state index contributed by atoms with van der Waals surface area (Å²) >= 11 is 0. The molecule has 2 fully saturated rings. The van der Waals surface area contributed by atoms with E-state index >= 15 is 0 Å². The van der Waals surface area contributed by atoms with Crippen LogP contribution in [0.3, 0.4) is 0 Å². The van der Waals surface area contributed by atoms with Gasteiger partial charge in [-0.25, -0.2) is 0 Å². The van der Waals surface area contributed by atoms with Gasteiger partial charge in [-0.05, 0) is 51.7 Å². The fraction of sp³-hybridized carbons (Fsp3) is 1.00. The Kier molecular flexibility index (Phi) is 5.05. The van der Waals surface area contributed by atoms with Crippen molar-refractivity contribution < 1.29 is 5.11 Å². The van der Waals surface area contributed by atoms with Crippen LogP contribution in [0.15, 0.2) is 0 Å². The van der Waals surface area contributed by atoms with Gasteiger partial charge in [0.25, 0.3) is 0 Å². The number of hydrogen-bond donors (Lipinski definition) is 2. The molecule has 1 saturated carbocycles. The zero-order valence-corrected chi connectivity index (χ0v) is 12.1. The van der Waals surface area contributed by atoms with Crippen LogP contribution in [0.1, 0.15) is 52.4 Å². The molecule has 2 N–H and O–H groups in total. The maximum Gasteiger partial charge on any atom is 0.0499 e. The van der Waals surface area contributed by atoms with Crippen LogP contribution >= 0.6 is 0 Å². The average molecular weight is 254 g/mol. The van der Waals surface area contributed by atoms with Crippen molar-refractivity contribution in [2.24, 2.45) is 5.41 Å². The van der Waals surface area contributed by atoms with E-state index in [2.05, 4.69) is 24.1 Å². The molecule has 2 atom stereocenters. The molecule has 2 unspecified atom stereocenters. The lowest BCUT2D eigenvalue weighted by Gasteiger charge is -2.37. The molecule has 3 nitrogen and oxygen atoms in total. The second-order valence-corrected chi connectivity index (χ2v) is 6.54. The van der Waals surface area contributed by atoms with E-state index in [-0.39, 0.29) is 5.41 Å². The van der Waals surface area contributed by atoms with Crippen molar-refractivity contribution >= 4 is 0 Å². The molecule has 0 bridgehead atoms. The predicted molar refractivity (Wildman–Crippen MR) is 75.7 cm³/mol. The number of hydrogen-bond acceptors (Lipinski definition) is 3. The van der Waals surface area contributed by atoms with Gasteiger partial charge in [-0.1, -0.05) is 20.3 Å². The monoisotopic (exact) mass is 254 g/mol. The van der Waals surface area contributed by atoms with Gasteiger partial charge in [0.2, 0.25) is 0 Å². The van der Waals surface area contributed by atoms with Crippen molar-refractivity contribution in [3.05, 3.63) is 0 Å². The predicted octanol–water partition coefficient (Wildman–Crippen LogP) is 2.00. The van der Waals surface area contributed by atoms with Crippen LogP contribution in [-0.2, 0) is 0 Å². The zero-order valence-electron chi connectivity index (χ0n) is 12.1. The zero-order chi connectivity index (χ0) is 13.0. The second kappa shape index (κ2) is 6.36. The SMILES string of the molecule is CCCN1CCC(NC2CCCC2(C)CO)CC1. The maximum absolute atomic E-state index is 9.59. The van der Waals surface area contributed by atoms with Crippen molar-refractivity contribution in [2.75, 3.05) is 26.2 Å². The number of likely N-dealkylation sites (tertiary alicyclic amines) is 1.